The Morgan fingerprint density at radius 2 is 1.48 bits per heavy atom. The van der Waals surface area contributed by atoms with Gasteiger partial charge in [0, 0.05) is 25.4 Å². The Labute approximate surface area is 176 Å². The average Bonchev–Trinajstić information content (AvgIpc) is 2.66. The van der Waals surface area contributed by atoms with Gasteiger partial charge in [-0.05, 0) is 11.6 Å². The summed E-state index contributed by atoms with van der Waals surface area (Å²) in [5.74, 6) is -2.45. The molecule has 29 heavy (non-hydrogen) atoms. The summed E-state index contributed by atoms with van der Waals surface area (Å²) >= 11 is 1.54. The molecule has 0 bridgehead atoms. The minimum absolute atomic E-state index is 0.00124. The highest BCUT2D eigenvalue weighted by Crippen LogP contribution is 2.14. The molecule has 0 saturated heterocycles. The number of benzene rings is 1. The fourth-order valence-corrected chi connectivity index (χ4v) is 3.78. The molecule has 156 valence electrons. The second kappa shape index (κ2) is 12.8. The van der Waals surface area contributed by atoms with Crippen LogP contribution in [0.5, 0.6) is 0 Å². The Bertz CT molecular complexity index is 782. The smallest absolute Gasteiger partial charge is 0.327 e. The first-order valence-electron chi connectivity index (χ1n) is 8.52. The second-order valence-corrected chi connectivity index (χ2v) is 7.90. The van der Waals surface area contributed by atoms with Crippen LogP contribution in [0.2, 0.25) is 0 Å². The first-order chi connectivity index (χ1) is 13.7. The highest BCUT2D eigenvalue weighted by Gasteiger charge is 2.25. The van der Waals surface area contributed by atoms with Gasteiger partial charge in [-0.25, -0.2) is 4.79 Å². The van der Waals surface area contributed by atoms with Gasteiger partial charge in [-0.1, -0.05) is 59.9 Å². The highest BCUT2D eigenvalue weighted by atomic mass is 32.2. The third-order valence-corrected chi connectivity index (χ3v) is 5.32. The van der Waals surface area contributed by atoms with Crippen molar-refractivity contribution >= 4 is 57.6 Å². The molecular weight excluding hydrogens is 416 g/mol. The molecule has 2 atom stereocenters. The first-order valence-corrected chi connectivity index (χ1v) is 10.5. The zero-order chi connectivity index (χ0) is 21.8. The van der Waals surface area contributed by atoms with E-state index in [9.17, 15) is 24.0 Å². The Morgan fingerprint density at radius 1 is 0.931 bits per heavy atom. The molecule has 0 heterocycles. The number of thioether (sulfide) groups is 2. The minimum Gasteiger partial charge on any atom is -0.480 e. The monoisotopic (exact) mass is 438 g/mol. The van der Waals surface area contributed by atoms with Crippen molar-refractivity contribution in [1.82, 2.24) is 10.6 Å². The van der Waals surface area contributed by atoms with Gasteiger partial charge in [0.1, 0.15) is 12.1 Å². The largest absolute Gasteiger partial charge is 0.480 e. The van der Waals surface area contributed by atoms with Crippen molar-refractivity contribution in [3.05, 3.63) is 42.0 Å². The van der Waals surface area contributed by atoms with Crippen molar-refractivity contribution in [3.8, 4) is 0 Å². The quantitative estimate of drug-likeness (QED) is 0.466. The lowest BCUT2D eigenvalue weighted by Crippen LogP contribution is -2.44. The molecule has 0 aromatic heterocycles. The van der Waals surface area contributed by atoms with E-state index in [2.05, 4.69) is 10.6 Å². The van der Waals surface area contributed by atoms with Crippen LogP contribution in [0.25, 0.3) is 6.08 Å². The summed E-state index contributed by atoms with van der Waals surface area (Å²) < 4.78 is 0. The van der Waals surface area contributed by atoms with Gasteiger partial charge in [-0.2, -0.15) is 0 Å². The van der Waals surface area contributed by atoms with Gasteiger partial charge in [-0.3, -0.25) is 19.2 Å². The van der Waals surface area contributed by atoms with Crippen LogP contribution >= 0.6 is 23.5 Å². The van der Waals surface area contributed by atoms with Crippen molar-refractivity contribution < 1.29 is 29.1 Å². The fraction of sp³-hybridized carbons (Fsp3) is 0.316. The summed E-state index contributed by atoms with van der Waals surface area (Å²) in [5, 5.41) is 13.0. The van der Waals surface area contributed by atoms with Crippen molar-refractivity contribution in [3.63, 3.8) is 0 Å². The fourth-order valence-electron chi connectivity index (χ4n) is 2.04. The maximum Gasteiger partial charge on any atom is 0.327 e. The van der Waals surface area contributed by atoms with E-state index in [1.54, 1.807) is 6.08 Å². The van der Waals surface area contributed by atoms with Crippen LogP contribution in [0.4, 0.5) is 0 Å². The molecule has 0 unspecified atom stereocenters. The third-order valence-electron chi connectivity index (χ3n) is 3.33. The van der Waals surface area contributed by atoms with Gasteiger partial charge < -0.3 is 15.7 Å². The van der Waals surface area contributed by atoms with Crippen LogP contribution in [-0.2, 0) is 24.0 Å². The molecule has 1 aromatic rings. The Balaban J connectivity index is 2.63. The van der Waals surface area contributed by atoms with Gasteiger partial charge in [0.2, 0.25) is 22.0 Å². The Morgan fingerprint density at radius 3 is 2.03 bits per heavy atom. The summed E-state index contributed by atoms with van der Waals surface area (Å²) in [6, 6.07) is 7.00. The van der Waals surface area contributed by atoms with E-state index in [0.717, 1.165) is 17.3 Å². The number of hydrogen-bond acceptors (Lipinski definition) is 7. The molecular formula is C19H22N2O6S2. The van der Waals surface area contributed by atoms with E-state index in [1.807, 2.05) is 30.3 Å². The van der Waals surface area contributed by atoms with Crippen molar-refractivity contribution in [1.29, 1.82) is 0 Å². The molecule has 0 radical (unpaired) electrons. The zero-order valence-electron chi connectivity index (χ0n) is 15.9. The van der Waals surface area contributed by atoms with E-state index < -0.39 is 35.0 Å². The number of aliphatic carboxylic acids is 1. The summed E-state index contributed by atoms with van der Waals surface area (Å²) in [6.45, 7) is 2.41. The lowest BCUT2D eigenvalue weighted by molar-refractivity contribution is -0.140. The number of carbonyl (C=O) groups excluding carboxylic acids is 4. The van der Waals surface area contributed by atoms with E-state index >= 15 is 0 Å². The molecule has 0 aliphatic heterocycles. The number of hydrogen-bond donors (Lipinski definition) is 3. The van der Waals surface area contributed by atoms with Gasteiger partial charge in [0.15, 0.2) is 0 Å². The summed E-state index contributed by atoms with van der Waals surface area (Å²) in [7, 11) is 0. The first kappa shape index (κ1) is 24.4. The molecule has 3 N–H and O–H groups in total. The van der Waals surface area contributed by atoms with Gasteiger partial charge in [0.25, 0.3) is 0 Å². The van der Waals surface area contributed by atoms with Crippen molar-refractivity contribution in [2.45, 2.75) is 25.9 Å². The summed E-state index contributed by atoms with van der Waals surface area (Å²) in [5.41, 5.74) is 0.851. The normalized spacial score (nSPS) is 12.8. The lowest BCUT2D eigenvalue weighted by Gasteiger charge is -2.17. The number of rotatable bonds is 10. The van der Waals surface area contributed by atoms with E-state index in [4.69, 9.17) is 5.11 Å². The SMILES string of the molecule is CC(=O)N[C@@H](CSC(=O)[C@H](CSC(=O)C=Cc1ccccc1)NC(C)=O)C(=O)O. The standard InChI is InChI=1S/C19H22N2O6S2/c1-12(22)20-15(18(25)26)10-29-19(27)16(21-13(2)23)11-28-17(24)9-8-14-6-4-3-5-7-14/h3-9,15-16H,10-11H2,1-2H3,(H,20,22)(H,21,23)(H,25,26)/t15-,16-/m0/s1. The molecule has 0 spiro atoms. The number of amides is 2. The van der Waals surface area contributed by atoms with Crippen LogP contribution in [0.3, 0.4) is 0 Å². The Kier molecular flexibility index (Phi) is 10.8. The van der Waals surface area contributed by atoms with Crippen LogP contribution in [0, 0.1) is 0 Å². The Hall–Kier alpha value is -2.59. The van der Waals surface area contributed by atoms with Gasteiger partial charge >= 0.3 is 5.97 Å². The molecule has 2 amide bonds. The average molecular weight is 439 g/mol. The molecule has 0 saturated carbocycles. The zero-order valence-corrected chi connectivity index (χ0v) is 17.5. The van der Waals surface area contributed by atoms with Gasteiger partial charge in [-0.15, -0.1) is 0 Å². The third kappa shape index (κ3) is 10.5. The number of carbonyl (C=O) groups is 5. The predicted octanol–water partition coefficient (Wildman–Crippen LogP) is 1.31. The minimum atomic E-state index is -1.27. The van der Waals surface area contributed by atoms with Crippen LogP contribution in [0.15, 0.2) is 36.4 Å². The maximum absolute atomic E-state index is 12.4. The predicted molar refractivity (Wildman–Crippen MR) is 113 cm³/mol. The number of carboxylic acids is 1. The maximum atomic E-state index is 12.4. The topological polar surface area (TPSA) is 130 Å². The molecule has 1 rings (SSSR count). The number of nitrogens with one attached hydrogen (secondary N) is 2. The van der Waals surface area contributed by atoms with Crippen molar-refractivity contribution in [2.75, 3.05) is 11.5 Å². The van der Waals surface area contributed by atoms with E-state index in [-0.39, 0.29) is 16.6 Å². The lowest BCUT2D eigenvalue weighted by atomic mass is 10.2. The van der Waals surface area contributed by atoms with E-state index in [1.165, 1.54) is 19.9 Å². The highest BCUT2D eigenvalue weighted by molar-refractivity contribution is 8.15. The van der Waals surface area contributed by atoms with Crippen LogP contribution < -0.4 is 10.6 Å². The van der Waals surface area contributed by atoms with E-state index in [0.29, 0.717) is 11.8 Å². The van der Waals surface area contributed by atoms with Gasteiger partial charge in [0.05, 0.1) is 0 Å². The second-order valence-electron chi connectivity index (χ2n) is 5.85. The molecule has 8 nitrogen and oxygen atoms in total. The molecule has 1 aromatic carbocycles. The van der Waals surface area contributed by atoms with Crippen LogP contribution in [-0.4, -0.2) is 56.7 Å². The van der Waals surface area contributed by atoms with Crippen molar-refractivity contribution in [2.24, 2.45) is 0 Å². The molecule has 0 aliphatic carbocycles. The molecule has 0 fully saturated rings. The molecule has 10 heteroatoms. The summed E-state index contributed by atoms with van der Waals surface area (Å²) in [6.07, 6.45) is 3.02. The molecule has 0 aliphatic rings. The summed E-state index contributed by atoms with van der Waals surface area (Å²) in [4.78, 5) is 58.0. The van der Waals surface area contributed by atoms with Crippen LogP contribution in [0.1, 0.15) is 19.4 Å². The number of carboxylic acid groups (broad SMARTS) is 1.